The minimum Gasteiger partial charge on any atom is -0.448 e. The summed E-state index contributed by atoms with van der Waals surface area (Å²) in [6, 6.07) is 8.28. The van der Waals surface area contributed by atoms with Gasteiger partial charge in [-0.25, -0.2) is 4.79 Å². The molecule has 6 nitrogen and oxygen atoms in total. The number of carbonyl (C=O) groups is 1. The molecular weight excluding hydrogens is 324 g/mol. The lowest BCUT2D eigenvalue weighted by atomic mass is 10.0. The van der Waals surface area contributed by atoms with Crippen molar-refractivity contribution in [3.05, 3.63) is 35.5 Å². The molecule has 2 aliphatic heterocycles. The monoisotopic (exact) mass is 344 g/mol. The number of para-hydroxylation sites is 1. The van der Waals surface area contributed by atoms with Crippen LogP contribution in [0.2, 0.25) is 0 Å². The first kappa shape index (κ1) is 15.3. The lowest BCUT2D eigenvalue weighted by molar-refractivity contribution is 0.0935. The van der Waals surface area contributed by atoms with Crippen LogP contribution in [0.25, 0.3) is 10.9 Å². The fourth-order valence-electron chi connectivity index (χ4n) is 3.41. The summed E-state index contributed by atoms with van der Waals surface area (Å²) >= 11 is 5.18. The molecule has 2 N–H and O–H groups in total. The van der Waals surface area contributed by atoms with Gasteiger partial charge in [0.2, 0.25) is 0 Å². The molecule has 1 aromatic carbocycles. The van der Waals surface area contributed by atoms with Crippen LogP contribution in [-0.2, 0) is 17.7 Å². The van der Waals surface area contributed by atoms with E-state index in [0.29, 0.717) is 26.2 Å². The summed E-state index contributed by atoms with van der Waals surface area (Å²) in [5, 5.41) is 5.10. The van der Waals surface area contributed by atoms with Crippen molar-refractivity contribution in [3.8, 4) is 0 Å². The number of nitrogens with one attached hydrogen (secondary N) is 2. The Morgan fingerprint density at radius 3 is 3.00 bits per heavy atom. The molecule has 1 aromatic heterocycles. The molecule has 24 heavy (non-hydrogen) atoms. The first-order chi connectivity index (χ1) is 11.7. The molecule has 3 heterocycles. The summed E-state index contributed by atoms with van der Waals surface area (Å²) in [7, 11) is 0. The van der Waals surface area contributed by atoms with E-state index in [-0.39, 0.29) is 6.09 Å². The highest BCUT2D eigenvalue weighted by Crippen LogP contribution is 2.27. The summed E-state index contributed by atoms with van der Waals surface area (Å²) in [6.07, 6.45) is 0.603. The van der Waals surface area contributed by atoms with E-state index in [4.69, 9.17) is 17.0 Å². The second kappa shape index (κ2) is 6.32. The normalized spacial score (nSPS) is 17.1. The summed E-state index contributed by atoms with van der Waals surface area (Å²) < 4.78 is 5.42. The van der Waals surface area contributed by atoms with Crippen molar-refractivity contribution in [3.63, 3.8) is 0 Å². The molecular formula is C17H20N4O2S. The number of amides is 1. The maximum atomic E-state index is 12.3. The molecule has 0 aliphatic carbocycles. The topological polar surface area (TPSA) is 60.6 Å². The Morgan fingerprint density at radius 2 is 2.17 bits per heavy atom. The number of benzene rings is 1. The Hall–Kier alpha value is -2.28. The zero-order chi connectivity index (χ0) is 16.5. The van der Waals surface area contributed by atoms with Crippen molar-refractivity contribution < 1.29 is 9.53 Å². The number of hydrogen-bond acceptors (Lipinski definition) is 3. The molecule has 0 bridgehead atoms. The zero-order valence-corrected chi connectivity index (χ0v) is 14.2. The van der Waals surface area contributed by atoms with Gasteiger partial charge in [0.05, 0.1) is 13.1 Å². The lowest BCUT2D eigenvalue weighted by Crippen LogP contribution is -2.38. The van der Waals surface area contributed by atoms with Crippen LogP contribution in [0.4, 0.5) is 4.79 Å². The van der Waals surface area contributed by atoms with Gasteiger partial charge in [-0.2, -0.15) is 0 Å². The zero-order valence-electron chi connectivity index (χ0n) is 13.4. The SMILES string of the molecule is O=C(OCCN1CCNC1=S)N1CCc2c([nH]c3ccccc23)C1. The number of thiocarbonyl (C=S) groups is 1. The van der Waals surface area contributed by atoms with E-state index in [9.17, 15) is 4.79 Å². The maximum Gasteiger partial charge on any atom is 0.410 e. The van der Waals surface area contributed by atoms with Gasteiger partial charge in [0.1, 0.15) is 6.61 Å². The van der Waals surface area contributed by atoms with E-state index in [0.717, 1.165) is 35.8 Å². The number of aromatic amines is 1. The molecule has 1 amide bonds. The van der Waals surface area contributed by atoms with Crippen molar-refractivity contribution in [1.29, 1.82) is 0 Å². The van der Waals surface area contributed by atoms with Gasteiger partial charge < -0.3 is 24.8 Å². The number of fused-ring (bicyclic) bond motifs is 3. The number of rotatable bonds is 3. The van der Waals surface area contributed by atoms with Gasteiger partial charge >= 0.3 is 6.09 Å². The van der Waals surface area contributed by atoms with Gasteiger partial charge in [0.25, 0.3) is 0 Å². The highest BCUT2D eigenvalue weighted by atomic mass is 32.1. The third kappa shape index (κ3) is 2.80. The van der Waals surface area contributed by atoms with E-state index in [1.165, 1.54) is 10.9 Å². The number of aromatic nitrogens is 1. The molecule has 0 atom stereocenters. The molecule has 2 aromatic rings. The van der Waals surface area contributed by atoms with Crippen molar-refractivity contribution in [2.75, 3.05) is 32.8 Å². The van der Waals surface area contributed by atoms with E-state index < -0.39 is 0 Å². The fourth-order valence-corrected chi connectivity index (χ4v) is 3.69. The molecule has 7 heteroatoms. The predicted molar refractivity (Wildman–Crippen MR) is 95.9 cm³/mol. The largest absolute Gasteiger partial charge is 0.448 e. The van der Waals surface area contributed by atoms with E-state index in [2.05, 4.69) is 28.5 Å². The van der Waals surface area contributed by atoms with Crippen LogP contribution in [0.3, 0.4) is 0 Å². The molecule has 1 saturated heterocycles. The van der Waals surface area contributed by atoms with Crippen LogP contribution in [-0.4, -0.2) is 58.8 Å². The van der Waals surface area contributed by atoms with E-state index in [1.807, 2.05) is 11.0 Å². The lowest BCUT2D eigenvalue weighted by Gasteiger charge is -2.27. The Labute approximate surface area is 145 Å². The Kier molecular flexibility index (Phi) is 4.02. The first-order valence-corrected chi connectivity index (χ1v) is 8.66. The van der Waals surface area contributed by atoms with Gasteiger partial charge in [0, 0.05) is 36.2 Å². The Morgan fingerprint density at radius 1 is 1.29 bits per heavy atom. The molecule has 0 spiro atoms. The Bertz CT molecular complexity index is 788. The van der Waals surface area contributed by atoms with Crippen molar-refractivity contribution >= 4 is 34.3 Å². The molecule has 0 saturated carbocycles. The third-order valence-electron chi connectivity index (χ3n) is 4.67. The van der Waals surface area contributed by atoms with Crippen molar-refractivity contribution in [1.82, 2.24) is 20.1 Å². The smallest absolute Gasteiger partial charge is 0.410 e. The quantitative estimate of drug-likeness (QED) is 0.832. The van der Waals surface area contributed by atoms with Crippen molar-refractivity contribution in [2.45, 2.75) is 13.0 Å². The number of H-pyrrole nitrogens is 1. The molecule has 2 aliphatic rings. The molecule has 4 rings (SSSR count). The molecule has 1 fully saturated rings. The van der Waals surface area contributed by atoms with Gasteiger partial charge in [-0.3, -0.25) is 0 Å². The second-order valence-electron chi connectivity index (χ2n) is 6.13. The average molecular weight is 344 g/mol. The minimum absolute atomic E-state index is 0.252. The van der Waals surface area contributed by atoms with Gasteiger partial charge in [-0.15, -0.1) is 0 Å². The van der Waals surface area contributed by atoms with Crippen LogP contribution >= 0.6 is 12.2 Å². The number of hydrogen-bond donors (Lipinski definition) is 2. The van der Waals surface area contributed by atoms with Crippen LogP contribution < -0.4 is 5.32 Å². The number of carbonyl (C=O) groups excluding carboxylic acids is 1. The maximum absolute atomic E-state index is 12.3. The van der Waals surface area contributed by atoms with Gasteiger partial charge in [-0.05, 0) is 30.3 Å². The fraction of sp³-hybridized carbons (Fsp3) is 0.412. The molecule has 0 radical (unpaired) electrons. The van der Waals surface area contributed by atoms with Gasteiger partial charge in [-0.1, -0.05) is 18.2 Å². The highest BCUT2D eigenvalue weighted by molar-refractivity contribution is 7.80. The summed E-state index contributed by atoms with van der Waals surface area (Å²) in [4.78, 5) is 19.5. The third-order valence-corrected chi connectivity index (χ3v) is 5.08. The van der Waals surface area contributed by atoms with E-state index >= 15 is 0 Å². The molecule has 0 unspecified atom stereocenters. The summed E-state index contributed by atoms with van der Waals surface area (Å²) in [5.74, 6) is 0. The van der Waals surface area contributed by atoms with E-state index in [1.54, 1.807) is 4.90 Å². The Balaban J connectivity index is 1.35. The second-order valence-corrected chi connectivity index (χ2v) is 6.52. The highest BCUT2D eigenvalue weighted by Gasteiger charge is 2.25. The average Bonchev–Trinajstić information content (AvgIpc) is 3.17. The number of ether oxygens (including phenoxy) is 1. The molecule has 126 valence electrons. The number of nitrogens with zero attached hydrogens (tertiary/aromatic N) is 2. The van der Waals surface area contributed by atoms with Crippen molar-refractivity contribution in [2.24, 2.45) is 0 Å². The van der Waals surface area contributed by atoms with Crippen LogP contribution in [0.5, 0.6) is 0 Å². The van der Waals surface area contributed by atoms with Crippen LogP contribution in [0.1, 0.15) is 11.3 Å². The standard InChI is InChI=1S/C17H20N4O2S/c22-17(23-10-9-20-8-6-18-16(20)24)21-7-5-13-12-3-1-2-4-14(12)19-15(13)11-21/h1-4,19H,5-11H2,(H,18,24). The first-order valence-electron chi connectivity index (χ1n) is 8.25. The van der Waals surface area contributed by atoms with Crippen LogP contribution in [0, 0.1) is 0 Å². The van der Waals surface area contributed by atoms with Gasteiger partial charge in [0.15, 0.2) is 5.11 Å². The summed E-state index contributed by atoms with van der Waals surface area (Å²) in [6.45, 7) is 4.00. The predicted octanol–water partition coefficient (Wildman–Crippen LogP) is 1.85. The minimum atomic E-state index is -0.252. The summed E-state index contributed by atoms with van der Waals surface area (Å²) in [5.41, 5.74) is 3.57. The van der Waals surface area contributed by atoms with Crippen LogP contribution in [0.15, 0.2) is 24.3 Å².